The van der Waals surface area contributed by atoms with Gasteiger partial charge in [-0.25, -0.2) is 8.42 Å². The van der Waals surface area contributed by atoms with Gasteiger partial charge >= 0.3 is 12.4 Å². The van der Waals surface area contributed by atoms with Crippen molar-refractivity contribution in [2.45, 2.75) is 50.0 Å². The number of rotatable bonds is 4. The van der Waals surface area contributed by atoms with E-state index in [0.717, 1.165) is 6.07 Å². The number of amides is 1. The van der Waals surface area contributed by atoms with Gasteiger partial charge in [-0.15, -0.1) is 0 Å². The molecule has 174 valence electrons. The van der Waals surface area contributed by atoms with Crippen LogP contribution in [-0.4, -0.2) is 20.4 Å². The molecule has 0 unspecified atom stereocenters. The van der Waals surface area contributed by atoms with Crippen LogP contribution >= 0.6 is 0 Å². The fourth-order valence-electron chi connectivity index (χ4n) is 3.55. The molecule has 12 heteroatoms. The lowest BCUT2D eigenvalue weighted by atomic mass is 10.1. The first-order chi connectivity index (χ1) is 14.6. The van der Waals surface area contributed by atoms with Gasteiger partial charge in [0, 0.05) is 18.2 Å². The van der Waals surface area contributed by atoms with Gasteiger partial charge in [0.2, 0.25) is 5.91 Å². The Kier molecular flexibility index (Phi) is 5.96. The van der Waals surface area contributed by atoms with Crippen molar-refractivity contribution in [1.29, 1.82) is 0 Å². The Morgan fingerprint density at radius 1 is 1.03 bits per heavy atom. The Bertz CT molecular complexity index is 1130. The number of hydrogen-bond acceptors (Lipinski definition) is 3. The fourth-order valence-corrected chi connectivity index (χ4v) is 4.64. The maximum absolute atomic E-state index is 13.0. The lowest BCUT2D eigenvalue weighted by molar-refractivity contribution is -0.143. The average Bonchev–Trinajstić information content (AvgIpc) is 3.00. The van der Waals surface area contributed by atoms with Gasteiger partial charge in [0.05, 0.1) is 21.7 Å². The quantitative estimate of drug-likeness (QED) is 0.611. The van der Waals surface area contributed by atoms with Gasteiger partial charge in [0.1, 0.15) is 0 Å². The second-order valence-electron chi connectivity index (χ2n) is 7.36. The van der Waals surface area contributed by atoms with Crippen molar-refractivity contribution in [3.05, 3.63) is 53.1 Å². The van der Waals surface area contributed by atoms with E-state index in [1.165, 1.54) is 17.0 Å². The van der Waals surface area contributed by atoms with Crippen molar-refractivity contribution in [2.75, 3.05) is 9.62 Å². The van der Waals surface area contributed by atoms with Crippen LogP contribution in [0.4, 0.5) is 37.7 Å². The first kappa shape index (κ1) is 23.9. The van der Waals surface area contributed by atoms with Gasteiger partial charge in [-0.2, -0.15) is 26.3 Å². The molecule has 2 aromatic carbocycles. The van der Waals surface area contributed by atoms with Crippen LogP contribution in [0.3, 0.4) is 0 Å². The summed E-state index contributed by atoms with van der Waals surface area (Å²) in [6.45, 7) is 3.46. The van der Waals surface area contributed by atoms with Gasteiger partial charge in [-0.1, -0.05) is 6.92 Å². The zero-order valence-electron chi connectivity index (χ0n) is 16.8. The smallest absolute Gasteiger partial charge is 0.309 e. The molecular weight excluding hydrogens is 462 g/mol. The molecule has 0 saturated heterocycles. The Morgan fingerprint density at radius 3 is 2.09 bits per heavy atom. The molecule has 1 amide bonds. The predicted octanol–water partition coefficient (Wildman–Crippen LogP) is 5.21. The summed E-state index contributed by atoms with van der Waals surface area (Å²) in [5.74, 6) is -0.159. The van der Waals surface area contributed by atoms with E-state index in [9.17, 15) is 39.6 Å². The topological polar surface area (TPSA) is 66.5 Å². The van der Waals surface area contributed by atoms with Crippen molar-refractivity contribution in [3.63, 3.8) is 0 Å². The molecule has 3 rings (SSSR count). The van der Waals surface area contributed by atoms with Crippen molar-refractivity contribution in [2.24, 2.45) is 0 Å². The van der Waals surface area contributed by atoms with Crippen molar-refractivity contribution in [3.8, 4) is 0 Å². The average molecular weight is 480 g/mol. The lowest BCUT2D eigenvalue weighted by Crippen LogP contribution is -2.35. The van der Waals surface area contributed by atoms with Crippen LogP contribution in [-0.2, 0) is 33.6 Å². The van der Waals surface area contributed by atoms with Gasteiger partial charge in [-0.3, -0.25) is 9.52 Å². The Balaban J connectivity index is 1.99. The number of halogens is 6. The molecule has 32 heavy (non-hydrogen) atoms. The SMILES string of the molecule is CCC(=O)N1c2ccc(S(=O)(=O)Nc3cc(C(F)(F)F)cc(C(F)(F)F)c3)cc2C[C@@H]1C. The third-order valence-electron chi connectivity index (χ3n) is 4.99. The molecule has 2 aromatic rings. The fraction of sp³-hybridized carbons (Fsp3) is 0.350. The number of fused-ring (bicyclic) bond motifs is 1. The highest BCUT2D eigenvalue weighted by Gasteiger charge is 2.37. The molecule has 1 aliphatic heterocycles. The number of carbonyl (C=O) groups is 1. The summed E-state index contributed by atoms with van der Waals surface area (Å²) in [4.78, 5) is 13.3. The number of nitrogens with zero attached hydrogens (tertiary/aromatic N) is 1. The van der Waals surface area contributed by atoms with E-state index < -0.39 is 39.2 Å². The molecule has 1 atom stereocenters. The van der Waals surface area contributed by atoms with Crippen molar-refractivity contribution < 1.29 is 39.6 Å². The highest BCUT2D eigenvalue weighted by atomic mass is 32.2. The molecule has 0 radical (unpaired) electrons. The summed E-state index contributed by atoms with van der Waals surface area (Å²) < 4.78 is 105. The number of hydrogen-bond donors (Lipinski definition) is 1. The maximum Gasteiger partial charge on any atom is 0.416 e. The number of nitrogens with one attached hydrogen (secondary N) is 1. The minimum atomic E-state index is -5.11. The zero-order valence-corrected chi connectivity index (χ0v) is 17.6. The highest BCUT2D eigenvalue weighted by molar-refractivity contribution is 7.92. The van der Waals surface area contributed by atoms with E-state index in [4.69, 9.17) is 0 Å². The molecule has 0 aliphatic carbocycles. The Morgan fingerprint density at radius 2 is 1.59 bits per heavy atom. The normalized spacial score (nSPS) is 16.8. The molecule has 0 saturated carbocycles. The van der Waals surface area contributed by atoms with Crippen LogP contribution in [0.1, 0.15) is 37.0 Å². The number of sulfonamides is 1. The molecule has 0 bridgehead atoms. The summed E-state index contributed by atoms with van der Waals surface area (Å²) >= 11 is 0. The van der Waals surface area contributed by atoms with Crippen LogP contribution in [0.5, 0.6) is 0 Å². The minimum absolute atomic E-state index is 0.0894. The maximum atomic E-state index is 13.0. The molecule has 0 fully saturated rings. The van der Waals surface area contributed by atoms with E-state index in [1.807, 2.05) is 0 Å². The van der Waals surface area contributed by atoms with Crippen LogP contribution in [0.25, 0.3) is 0 Å². The van der Waals surface area contributed by atoms with Crippen LogP contribution < -0.4 is 9.62 Å². The van der Waals surface area contributed by atoms with E-state index >= 15 is 0 Å². The molecule has 1 heterocycles. The van der Waals surface area contributed by atoms with Gasteiger partial charge in [0.15, 0.2) is 0 Å². The van der Waals surface area contributed by atoms with Crippen LogP contribution in [0.2, 0.25) is 0 Å². The summed E-state index contributed by atoms with van der Waals surface area (Å²) in [7, 11) is -4.51. The van der Waals surface area contributed by atoms with E-state index in [0.29, 0.717) is 29.8 Å². The summed E-state index contributed by atoms with van der Waals surface area (Å²) in [5.41, 5.74) is -3.10. The second kappa shape index (κ2) is 7.98. The van der Waals surface area contributed by atoms with Gasteiger partial charge < -0.3 is 4.90 Å². The largest absolute Gasteiger partial charge is 0.416 e. The molecule has 0 spiro atoms. The standard InChI is InChI=1S/C20H18F6N2O3S/c1-3-18(29)28-11(2)6-12-7-16(4-5-17(12)28)32(30,31)27-15-9-13(19(21,22)23)8-14(10-15)20(24,25)26/h4-5,7-11,27H,3,6H2,1-2H3/t11-/m0/s1. The van der Waals surface area contributed by atoms with Gasteiger partial charge in [0.25, 0.3) is 10.0 Å². The first-order valence-corrected chi connectivity index (χ1v) is 10.9. The molecular formula is C20H18F6N2O3S. The first-order valence-electron chi connectivity index (χ1n) is 9.40. The highest BCUT2D eigenvalue weighted by Crippen LogP contribution is 2.39. The molecule has 0 aromatic heterocycles. The summed E-state index contributed by atoms with van der Waals surface area (Å²) in [5, 5.41) is 0. The number of carbonyl (C=O) groups excluding carboxylic acids is 1. The minimum Gasteiger partial charge on any atom is -0.309 e. The van der Waals surface area contributed by atoms with Crippen LogP contribution in [0, 0.1) is 0 Å². The summed E-state index contributed by atoms with van der Waals surface area (Å²) in [6, 6.07) is 4.08. The second-order valence-corrected chi connectivity index (χ2v) is 9.04. The van der Waals surface area contributed by atoms with E-state index in [1.54, 1.807) is 18.6 Å². The molecule has 1 N–H and O–H groups in total. The van der Waals surface area contributed by atoms with Crippen LogP contribution in [0.15, 0.2) is 41.3 Å². The monoisotopic (exact) mass is 480 g/mol. The molecule has 5 nitrogen and oxygen atoms in total. The molecule has 1 aliphatic rings. The predicted molar refractivity (Wildman–Crippen MR) is 105 cm³/mol. The van der Waals surface area contributed by atoms with E-state index in [-0.39, 0.29) is 29.3 Å². The van der Waals surface area contributed by atoms with Crippen molar-refractivity contribution in [1.82, 2.24) is 0 Å². The third kappa shape index (κ3) is 4.69. The lowest BCUT2D eigenvalue weighted by Gasteiger charge is -2.22. The number of benzene rings is 2. The Hall–Kier alpha value is -2.76. The number of alkyl halides is 6. The Labute approximate surface area is 180 Å². The zero-order chi connectivity index (χ0) is 24.1. The number of anilines is 2. The summed E-state index contributed by atoms with van der Waals surface area (Å²) in [6.07, 6.45) is -9.63. The third-order valence-corrected chi connectivity index (χ3v) is 6.37. The van der Waals surface area contributed by atoms with E-state index in [2.05, 4.69) is 0 Å². The van der Waals surface area contributed by atoms with Gasteiger partial charge in [-0.05, 0) is 55.3 Å². The van der Waals surface area contributed by atoms with Crippen molar-refractivity contribution >= 4 is 27.3 Å².